The summed E-state index contributed by atoms with van der Waals surface area (Å²) in [5.74, 6) is -2.94. The van der Waals surface area contributed by atoms with Gasteiger partial charge in [-0.3, -0.25) is 0 Å². The first-order valence-electron chi connectivity index (χ1n) is 3.37. The fourth-order valence-corrected chi connectivity index (χ4v) is 0. The van der Waals surface area contributed by atoms with E-state index in [0.717, 1.165) is 18.2 Å². The van der Waals surface area contributed by atoms with Gasteiger partial charge in [0.2, 0.25) is 0 Å². The average molecular weight is 261 g/mol. The minimum absolute atomic E-state index is 0. The van der Waals surface area contributed by atoms with Crippen molar-refractivity contribution in [1.82, 2.24) is 0 Å². The van der Waals surface area contributed by atoms with Crippen molar-refractivity contribution >= 4 is 17.9 Å². The minimum Gasteiger partial charge on any atom is -0.478 e. The molecular weight excluding hydrogens is 249 g/mol. The third kappa shape index (κ3) is 81.6. The van der Waals surface area contributed by atoms with E-state index in [2.05, 4.69) is 19.7 Å². The molecule has 0 heterocycles. The van der Waals surface area contributed by atoms with Crippen molar-refractivity contribution in [2.45, 2.75) is 0 Å². The van der Waals surface area contributed by atoms with Crippen LogP contribution < -0.4 is 0 Å². The number of rotatable bonds is 3. The van der Waals surface area contributed by atoms with Crippen LogP contribution in [0.4, 0.5) is 0 Å². The summed E-state index contributed by atoms with van der Waals surface area (Å²) < 4.78 is 0. The second-order valence-corrected chi connectivity index (χ2v) is 1.63. The first kappa shape index (κ1) is 24.0. The van der Waals surface area contributed by atoms with Crippen LogP contribution in [0.2, 0.25) is 0 Å². The molecule has 0 aliphatic carbocycles. The van der Waals surface area contributed by atoms with E-state index in [1.54, 1.807) is 0 Å². The van der Waals surface area contributed by atoms with E-state index in [4.69, 9.17) is 15.3 Å². The molecule has 0 aromatic heterocycles. The second-order valence-electron chi connectivity index (χ2n) is 1.63. The van der Waals surface area contributed by atoms with Crippen LogP contribution in [0, 0.1) is 0 Å². The van der Waals surface area contributed by atoms with E-state index >= 15 is 0 Å². The monoisotopic (exact) mass is 261 g/mol. The summed E-state index contributed by atoms with van der Waals surface area (Å²) in [6.45, 7) is 8.88. The van der Waals surface area contributed by atoms with Crippen LogP contribution in [0.5, 0.6) is 0 Å². The van der Waals surface area contributed by atoms with Gasteiger partial charge in [0.25, 0.3) is 0 Å². The van der Waals surface area contributed by atoms with E-state index in [1.807, 2.05) is 0 Å². The molecule has 0 saturated heterocycles. The van der Waals surface area contributed by atoms with Crippen molar-refractivity contribution in [2.75, 3.05) is 0 Å². The topological polar surface area (TPSA) is 112 Å². The quantitative estimate of drug-likeness (QED) is 0.647. The summed E-state index contributed by atoms with van der Waals surface area (Å²) in [5.41, 5.74) is 0. The molecule has 0 saturated carbocycles. The summed E-state index contributed by atoms with van der Waals surface area (Å²) >= 11 is 0. The Morgan fingerprint density at radius 3 is 0.750 bits per heavy atom. The van der Waals surface area contributed by atoms with Crippen LogP contribution in [0.1, 0.15) is 0 Å². The van der Waals surface area contributed by atoms with Gasteiger partial charge < -0.3 is 15.3 Å². The van der Waals surface area contributed by atoms with Crippen LogP contribution in [-0.2, 0) is 40.2 Å². The van der Waals surface area contributed by atoms with Gasteiger partial charge in [0, 0.05) is 44.1 Å². The number of carboxylic acids is 3. The Morgan fingerprint density at radius 1 is 0.688 bits per heavy atom. The molecule has 0 unspecified atom stereocenters. The normalized spacial score (nSPS) is 6.00. The minimum atomic E-state index is -0.981. The summed E-state index contributed by atoms with van der Waals surface area (Å²) in [7, 11) is 0. The number of hydrogen-bond donors (Lipinski definition) is 3. The molecule has 0 spiro atoms. The van der Waals surface area contributed by atoms with Crippen LogP contribution in [0.3, 0.4) is 0 Å². The van der Waals surface area contributed by atoms with Crippen LogP contribution in [0.25, 0.3) is 0 Å². The fourth-order valence-electron chi connectivity index (χ4n) is 0. The molecule has 16 heavy (non-hydrogen) atoms. The first-order valence-corrected chi connectivity index (χ1v) is 3.37. The largest absolute Gasteiger partial charge is 0.478 e. The molecule has 7 heteroatoms. The standard InChI is InChI=1S/3C3H4O2.Sc/c3*1-2-3(4)5;/h3*2H,1H2,(H,4,5);. The Balaban J connectivity index is -0.0000000655. The summed E-state index contributed by atoms with van der Waals surface area (Å²) in [5, 5.41) is 22.8. The Bertz CT molecular complexity index is 216. The number of hydrogen-bond acceptors (Lipinski definition) is 3. The van der Waals surface area contributed by atoms with E-state index in [0.29, 0.717) is 0 Å². The molecule has 3 N–H and O–H groups in total. The molecule has 0 atom stereocenters. The van der Waals surface area contributed by atoms with Crippen LogP contribution in [0.15, 0.2) is 38.0 Å². The summed E-state index contributed by atoms with van der Waals surface area (Å²) in [6.07, 6.45) is 2.50. The van der Waals surface area contributed by atoms with Gasteiger partial charge in [0.15, 0.2) is 0 Å². The Morgan fingerprint density at radius 2 is 0.750 bits per heavy atom. The number of carboxylic acid groups (broad SMARTS) is 3. The van der Waals surface area contributed by atoms with E-state index in [-0.39, 0.29) is 25.8 Å². The number of carbonyl (C=O) groups is 3. The smallest absolute Gasteiger partial charge is 0.327 e. The molecule has 1 radical (unpaired) electrons. The zero-order valence-corrected chi connectivity index (χ0v) is 10.3. The van der Waals surface area contributed by atoms with Gasteiger partial charge in [-0.15, -0.1) is 0 Å². The van der Waals surface area contributed by atoms with Crippen molar-refractivity contribution in [3.8, 4) is 0 Å². The molecule has 0 bridgehead atoms. The van der Waals surface area contributed by atoms with Crippen molar-refractivity contribution in [3.05, 3.63) is 38.0 Å². The SMILES string of the molecule is C=CC(=O)O.C=CC(=O)O.C=CC(=O)O.[Sc]. The molecule has 0 amide bonds. The zero-order chi connectivity index (χ0) is 12.9. The average Bonchev–Trinajstić information content (AvgIpc) is 2.19. The molecule has 0 aromatic rings. The van der Waals surface area contributed by atoms with Crippen molar-refractivity contribution in [2.24, 2.45) is 0 Å². The molecule has 87 valence electrons. The zero-order valence-electron chi connectivity index (χ0n) is 8.50. The predicted octanol–water partition coefficient (Wildman–Crippen LogP) is 0.769. The van der Waals surface area contributed by atoms with E-state index in [9.17, 15) is 14.4 Å². The Labute approximate surface area is 111 Å². The Hall–Kier alpha value is -1.50. The number of aliphatic carboxylic acids is 3. The molecule has 0 fully saturated rings. The molecule has 0 aliphatic heterocycles. The van der Waals surface area contributed by atoms with Gasteiger partial charge >= 0.3 is 17.9 Å². The van der Waals surface area contributed by atoms with Gasteiger partial charge in [-0.05, 0) is 0 Å². The van der Waals surface area contributed by atoms with Gasteiger partial charge in [-0.25, -0.2) is 14.4 Å². The third-order valence-electron chi connectivity index (χ3n) is 0.524. The second kappa shape index (κ2) is 19.1. The maximum Gasteiger partial charge on any atom is 0.327 e. The molecule has 0 rings (SSSR count). The molecule has 6 nitrogen and oxygen atoms in total. The molecule has 0 aliphatic rings. The van der Waals surface area contributed by atoms with Gasteiger partial charge in [-0.1, -0.05) is 19.7 Å². The van der Waals surface area contributed by atoms with Crippen LogP contribution in [-0.4, -0.2) is 33.2 Å². The van der Waals surface area contributed by atoms with E-state index < -0.39 is 17.9 Å². The fraction of sp³-hybridized carbons (Fsp3) is 0. The van der Waals surface area contributed by atoms with Gasteiger partial charge in [-0.2, -0.15) is 0 Å². The third-order valence-corrected chi connectivity index (χ3v) is 0.524. The Kier molecular flexibility index (Phi) is 28.7. The van der Waals surface area contributed by atoms with Gasteiger partial charge in [0.05, 0.1) is 0 Å². The van der Waals surface area contributed by atoms with Crippen molar-refractivity contribution in [1.29, 1.82) is 0 Å². The maximum absolute atomic E-state index is 9.25. The van der Waals surface area contributed by atoms with Crippen molar-refractivity contribution < 1.29 is 55.5 Å². The summed E-state index contributed by atoms with van der Waals surface area (Å²) in [4.78, 5) is 27.8. The van der Waals surface area contributed by atoms with Crippen LogP contribution >= 0.6 is 0 Å². The molecule has 0 aromatic carbocycles. The van der Waals surface area contributed by atoms with E-state index in [1.165, 1.54) is 0 Å². The summed E-state index contributed by atoms with van der Waals surface area (Å²) in [6, 6.07) is 0. The first-order chi connectivity index (χ1) is 6.81. The predicted molar refractivity (Wildman–Crippen MR) is 53.5 cm³/mol. The maximum atomic E-state index is 9.25. The molecular formula is C9H12O6Sc. The van der Waals surface area contributed by atoms with Crippen molar-refractivity contribution in [3.63, 3.8) is 0 Å². The van der Waals surface area contributed by atoms with Gasteiger partial charge in [0.1, 0.15) is 0 Å².